The van der Waals surface area contributed by atoms with Crippen LogP contribution in [0.15, 0.2) is 18.2 Å². The number of thiazole rings is 1. The zero-order valence-electron chi connectivity index (χ0n) is 11.1. The Morgan fingerprint density at radius 1 is 1.29 bits per heavy atom. The number of benzene rings is 1. The van der Waals surface area contributed by atoms with Gasteiger partial charge in [-0.15, -0.1) is 0 Å². The molecular weight excluding hydrogens is 302 g/mol. The first-order valence-corrected chi connectivity index (χ1v) is 6.56. The van der Waals surface area contributed by atoms with Crippen molar-refractivity contribution in [2.24, 2.45) is 0 Å². The lowest BCUT2D eigenvalue weighted by Gasteiger charge is -2.04. The second-order valence-electron chi connectivity index (χ2n) is 3.97. The zero-order chi connectivity index (χ0) is 15.6. The van der Waals surface area contributed by atoms with E-state index in [9.17, 15) is 18.4 Å². The molecular formula is C13H10F2N2O3S. The Bertz CT molecular complexity index is 695. The summed E-state index contributed by atoms with van der Waals surface area (Å²) in [6.45, 7) is 1.26. The first-order chi connectivity index (χ1) is 9.93. The smallest absolute Gasteiger partial charge is 0.358 e. The van der Waals surface area contributed by atoms with Crippen molar-refractivity contribution in [3.05, 3.63) is 40.4 Å². The number of aromatic nitrogens is 1. The number of carbonyl (C=O) groups excluding carboxylic acids is 2. The minimum Gasteiger partial charge on any atom is -0.464 e. The van der Waals surface area contributed by atoms with Crippen molar-refractivity contribution in [2.75, 3.05) is 12.4 Å². The highest BCUT2D eigenvalue weighted by Crippen LogP contribution is 2.29. The lowest BCUT2D eigenvalue weighted by atomic mass is 10.3. The molecule has 0 saturated heterocycles. The summed E-state index contributed by atoms with van der Waals surface area (Å²) in [7, 11) is 1.15. The van der Waals surface area contributed by atoms with Crippen LogP contribution >= 0.6 is 11.3 Å². The lowest BCUT2D eigenvalue weighted by Crippen LogP contribution is -2.07. The Morgan fingerprint density at radius 3 is 2.43 bits per heavy atom. The van der Waals surface area contributed by atoms with Crippen LogP contribution in [-0.4, -0.2) is 23.8 Å². The molecule has 0 radical (unpaired) electrons. The molecule has 0 amide bonds. The SMILES string of the molecule is COC(=O)c1nc(Nc2c(F)cccc2F)sc1C(C)=O. The standard InChI is InChI=1S/C13H10F2N2O3S/c1-6(18)11-10(12(19)20-2)17-13(21-11)16-9-7(14)4-3-5-8(9)15/h3-5H,1-2H3,(H,16,17). The number of esters is 1. The largest absolute Gasteiger partial charge is 0.464 e. The second kappa shape index (κ2) is 5.96. The second-order valence-corrected chi connectivity index (χ2v) is 4.97. The average Bonchev–Trinajstić information content (AvgIpc) is 2.86. The number of hydrogen-bond donors (Lipinski definition) is 1. The molecule has 1 N–H and O–H groups in total. The normalized spacial score (nSPS) is 10.3. The monoisotopic (exact) mass is 312 g/mol. The summed E-state index contributed by atoms with van der Waals surface area (Å²) in [5.74, 6) is -2.81. The maximum absolute atomic E-state index is 13.5. The first-order valence-electron chi connectivity index (χ1n) is 5.75. The number of ketones is 1. The van der Waals surface area contributed by atoms with Crippen molar-refractivity contribution in [1.29, 1.82) is 0 Å². The summed E-state index contributed by atoms with van der Waals surface area (Å²) in [6, 6.07) is 3.37. The highest BCUT2D eigenvalue weighted by Gasteiger charge is 2.22. The summed E-state index contributed by atoms with van der Waals surface area (Å²) in [6.07, 6.45) is 0. The number of halogens is 2. The van der Waals surface area contributed by atoms with Gasteiger partial charge in [-0.25, -0.2) is 18.6 Å². The Kier molecular flexibility index (Phi) is 4.27. The molecule has 0 aliphatic rings. The number of rotatable bonds is 4. The molecule has 1 aromatic carbocycles. The maximum atomic E-state index is 13.5. The molecule has 0 unspecified atom stereocenters. The van der Waals surface area contributed by atoms with Gasteiger partial charge in [-0.1, -0.05) is 17.4 Å². The molecule has 0 aliphatic heterocycles. The molecule has 110 valence electrons. The summed E-state index contributed by atoms with van der Waals surface area (Å²) in [4.78, 5) is 26.9. The van der Waals surface area contributed by atoms with Crippen molar-refractivity contribution in [3.8, 4) is 0 Å². The topological polar surface area (TPSA) is 68.3 Å². The number of methoxy groups -OCH3 is 1. The van der Waals surface area contributed by atoms with E-state index in [4.69, 9.17) is 0 Å². The van der Waals surface area contributed by atoms with Crippen LogP contribution in [0.2, 0.25) is 0 Å². The van der Waals surface area contributed by atoms with Crippen molar-refractivity contribution in [3.63, 3.8) is 0 Å². The van der Waals surface area contributed by atoms with Gasteiger partial charge in [0, 0.05) is 6.92 Å². The van der Waals surface area contributed by atoms with E-state index in [0.717, 1.165) is 30.6 Å². The predicted molar refractivity (Wildman–Crippen MR) is 73.1 cm³/mol. The van der Waals surface area contributed by atoms with Crippen LogP contribution in [-0.2, 0) is 4.74 Å². The van der Waals surface area contributed by atoms with Crippen LogP contribution in [0.25, 0.3) is 0 Å². The fraction of sp³-hybridized carbons (Fsp3) is 0.154. The summed E-state index contributed by atoms with van der Waals surface area (Å²) < 4.78 is 31.6. The van der Waals surface area contributed by atoms with Crippen molar-refractivity contribution < 1.29 is 23.1 Å². The highest BCUT2D eigenvalue weighted by molar-refractivity contribution is 7.17. The van der Waals surface area contributed by atoms with Gasteiger partial charge in [-0.3, -0.25) is 4.79 Å². The van der Waals surface area contributed by atoms with Gasteiger partial charge in [0.25, 0.3) is 0 Å². The van der Waals surface area contributed by atoms with Gasteiger partial charge in [0.2, 0.25) is 0 Å². The molecule has 2 aromatic rings. The molecule has 2 rings (SSSR count). The Morgan fingerprint density at radius 2 is 1.90 bits per heavy atom. The third-order valence-electron chi connectivity index (χ3n) is 2.52. The Labute approximate surface area is 122 Å². The molecule has 1 heterocycles. The third-order valence-corrected chi connectivity index (χ3v) is 3.59. The Balaban J connectivity index is 2.42. The van der Waals surface area contributed by atoms with Crippen LogP contribution in [0.3, 0.4) is 0 Å². The molecule has 0 fully saturated rings. The van der Waals surface area contributed by atoms with Crippen molar-refractivity contribution in [1.82, 2.24) is 4.98 Å². The minimum atomic E-state index is -0.811. The van der Waals surface area contributed by atoms with E-state index in [2.05, 4.69) is 15.0 Å². The van der Waals surface area contributed by atoms with Gasteiger partial charge in [0.15, 0.2) is 16.6 Å². The maximum Gasteiger partial charge on any atom is 0.358 e. The van der Waals surface area contributed by atoms with E-state index in [1.165, 1.54) is 13.0 Å². The van der Waals surface area contributed by atoms with Gasteiger partial charge in [-0.2, -0.15) is 0 Å². The van der Waals surface area contributed by atoms with Gasteiger partial charge >= 0.3 is 5.97 Å². The van der Waals surface area contributed by atoms with E-state index in [1.807, 2.05) is 0 Å². The highest BCUT2D eigenvalue weighted by atomic mass is 32.1. The number of para-hydroxylation sites is 1. The number of anilines is 2. The zero-order valence-corrected chi connectivity index (χ0v) is 11.9. The fourth-order valence-corrected chi connectivity index (χ4v) is 2.42. The average molecular weight is 312 g/mol. The molecule has 21 heavy (non-hydrogen) atoms. The number of carbonyl (C=O) groups is 2. The number of nitrogens with one attached hydrogen (secondary N) is 1. The molecule has 0 aliphatic carbocycles. The number of nitrogens with zero attached hydrogens (tertiary/aromatic N) is 1. The molecule has 0 saturated carbocycles. The lowest BCUT2D eigenvalue weighted by molar-refractivity contribution is 0.0591. The summed E-state index contributed by atoms with van der Waals surface area (Å²) in [5.41, 5.74) is -0.591. The first kappa shape index (κ1) is 15.0. The molecule has 0 spiro atoms. The van der Waals surface area contributed by atoms with E-state index < -0.39 is 29.1 Å². The summed E-state index contributed by atoms with van der Waals surface area (Å²) >= 11 is 0.818. The van der Waals surface area contributed by atoms with E-state index >= 15 is 0 Å². The molecule has 0 atom stereocenters. The third kappa shape index (κ3) is 3.05. The van der Waals surface area contributed by atoms with Crippen LogP contribution in [0.5, 0.6) is 0 Å². The fourth-order valence-electron chi connectivity index (χ4n) is 1.57. The number of ether oxygens (including phenoxy) is 1. The van der Waals surface area contributed by atoms with Crippen molar-refractivity contribution in [2.45, 2.75) is 6.92 Å². The van der Waals surface area contributed by atoms with Gasteiger partial charge in [0.1, 0.15) is 22.2 Å². The van der Waals surface area contributed by atoms with Crippen LogP contribution < -0.4 is 5.32 Å². The Hall–Kier alpha value is -2.35. The van der Waals surface area contributed by atoms with E-state index in [0.29, 0.717) is 0 Å². The van der Waals surface area contributed by atoms with Crippen molar-refractivity contribution >= 4 is 33.9 Å². The summed E-state index contributed by atoms with van der Waals surface area (Å²) in [5, 5.41) is 2.45. The van der Waals surface area contributed by atoms with E-state index in [-0.39, 0.29) is 15.7 Å². The van der Waals surface area contributed by atoms with E-state index in [1.54, 1.807) is 0 Å². The quantitative estimate of drug-likeness (QED) is 0.694. The van der Waals surface area contributed by atoms with Gasteiger partial charge in [-0.05, 0) is 12.1 Å². The van der Waals surface area contributed by atoms with Gasteiger partial charge in [0.05, 0.1) is 7.11 Å². The molecule has 0 bridgehead atoms. The predicted octanol–water partition coefficient (Wildman–Crippen LogP) is 3.15. The molecule has 5 nitrogen and oxygen atoms in total. The molecule has 8 heteroatoms. The number of Topliss-reactive ketones (excluding diaryl/α,β-unsaturated/α-hetero) is 1. The number of hydrogen-bond acceptors (Lipinski definition) is 6. The van der Waals surface area contributed by atoms with Crippen LogP contribution in [0, 0.1) is 11.6 Å². The van der Waals surface area contributed by atoms with Gasteiger partial charge < -0.3 is 10.1 Å². The minimum absolute atomic E-state index is 0.0181. The van der Waals surface area contributed by atoms with Crippen LogP contribution in [0.1, 0.15) is 27.1 Å². The van der Waals surface area contributed by atoms with Crippen LogP contribution in [0.4, 0.5) is 19.6 Å². The molecule has 1 aromatic heterocycles.